The molecular weight excluding hydrogens is 516 g/mol. The van der Waals surface area contributed by atoms with Crippen LogP contribution in [0.4, 0.5) is 11.5 Å². The Hall–Kier alpha value is -4.54. The number of rotatable bonds is 7. The summed E-state index contributed by atoms with van der Waals surface area (Å²) in [7, 11) is 3.83. The zero-order chi connectivity index (χ0) is 28.3. The first-order chi connectivity index (χ1) is 20.0. The highest BCUT2D eigenvalue weighted by atomic mass is 16.5. The number of likely N-dealkylation sites (N-methyl/N-ethyl adjacent to an activating group) is 1. The predicted octanol–water partition coefficient (Wildman–Crippen LogP) is 3.53. The third-order valence-corrected chi connectivity index (χ3v) is 7.71. The number of hydrogen-bond donors (Lipinski definition) is 2. The second-order valence-corrected chi connectivity index (χ2v) is 10.5. The lowest BCUT2D eigenvalue weighted by atomic mass is 9.90. The molecule has 1 saturated heterocycles. The van der Waals surface area contributed by atoms with Crippen LogP contribution in [-0.4, -0.2) is 82.3 Å². The molecule has 0 radical (unpaired) electrons. The molecule has 3 heterocycles. The first-order valence-electron chi connectivity index (χ1n) is 13.8. The number of methoxy groups -OCH3 is 1. The van der Waals surface area contributed by atoms with Gasteiger partial charge in [0.2, 0.25) is 0 Å². The van der Waals surface area contributed by atoms with Crippen molar-refractivity contribution >= 4 is 23.5 Å². The van der Waals surface area contributed by atoms with Gasteiger partial charge in [-0.1, -0.05) is 24.3 Å². The van der Waals surface area contributed by atoms with E-state index in [9.17, 15) is 4.79 Å². The molecule has 0 saturated carbocycles. The quantitative estimate of drug-likeness (QED) is 0.359. The lowest BCUT2D eigenvalue weighted by Crippen LogP contribution is -2.44. The van der Waals surface area contributed by atoms with Crippen molar-refractivity contribution in [3.05, 3.63) is 83.2 Å². The first-order valence-corrected chi connectivity index (χ1v) is 13.8. The molecule has 0 spiro atoms. The van der Waals surface area contributed by atoms with Crippen molar-refractivity contribution in [2.75, 3.05) is 57.9 Å². The maximum atomic E-state index is 13.1. The van der Waals surface area contributed by atoms with Gasteiger partial charge in [-0.15, -0.1) is 5.10 Å². The van der Waals surface area contributed by atoms with E-state index >= 15 is 0 Å². The largest absolute Gasteiger partial charge is 0.497 e. The summed E-state index contributed by atoms with van der Waals surface area (Å²) in [5.74, 6) is 0.940. The van der Waals surface area contributed by atoms with Gasteiger partial charge in [0.15, 0.2) is 5.82 Å². The number of amides is 1. The molecule has 41 heavy (non-hydrogen) atoms. The van der Waals surface area contributed by atoms with Crippen LogP contribution in [0.25, 0.3) is 23.3 Å². The Balaban J connectivity index is 1.13. The van der Waals surface area contributed by atoms with Gasteiger partial charge in [-0.3, -0.25) is 9.69 Å². The van der Waals surface area contributed by atoms with Crippen molar-refractivity contribution in [1.82, 2.24) is 29.5 Å². The fourth-order valence-electron chi connectivity index (χ4n) is 5.24. The van der Waals surface area contributed by atoms with Gasteiger partial charge >= 0.3 is 0 Å². The van der Waals surface area contributed by atoms with E-state index in [0.29, 0.717) is 11.6 Å². The van der Waals surface area contributed by atoms with E-state index < -0.39 is 0 Å². The highest BCUT2D eigenvalue weighted by Crippen LogP contribution is 2.34. The summed E-state index contributed by atoms with van der Waals surface area (Å²) in [6, 6.07) is 13.7. The van der Waals surface area contributed by atoms with Crippen LogP contribution in [0.15, 0.2) is 60.9 Å². The average Bonchev–Trinajstić information content (AvgIpc) is 3.40. The summed E-state index contributed by atoms with van der Waals surface area (Å²) >= 11 is 0. The third-order valence-electron chi connectivity index (χ3n) is 7.71. The molecule has 210 valence electrons. The van der Waals surface area contributed by atoms with Crippen molar-refractivity contribution < 1.29 is 9.53 Å². The Morgan fingerprint density at radius 2 is 1.85 bits per heavy atom. The van der Waals surface area contributed by atoms with E-state index in [1.807, 2.05) is 48.7 Å². The van der Waals surface area contributed by atoms with Crippen molar-refractivity contribution in [2.24, 2.45) is 0 Å². The van der Waals surface area contributed by atoms with Crippen molar-refractivity contribution in [3.8, 4) is 23.0 Å². The van der Waals surface area contributed by atoms with Crippen LogP contribution in [0.1, 0.15) is 27.0 Å². The number of nitrogens with zero attached hydrogens (tertiary/aromatic N) is 6. The molecule has 0 unspecified atom stereocenters. The highest BCUT2D eigenvalue weighted by Gasteiger charge is 2.21. The number of anilines is 2. The van der Waals surface area contributed by atoms with E-state index in [2.05, 4.69) is 44.4 Å². The smallest absolute Gasteiger partial charge is 0.261 e. The molecule has 2 aromatic heterocycles. The van der Waals surface area contributed by atoms with Crippen molar-refractivity contribution in [1.29, 1.82) is 0 Å². The standard InChI is InChI=1S/C31H34N8O2/c1-37-14-16-38(17-15-37)13-3-4-21-5-9-24(10-6-21)34-30(40)27-20-39(36-29(27)32)31-33-19-23-8-7-22-18-25(41-2)11-12-26(22)28(23)35-31/h3-6,9-12,18-20H,7-8,13-17H2,1-2H3,(H2,32,36)(H,34,40). The maximum Gasteiger partial charge on any atom is 0.261 e. The number of carbonyl (C=O) groups is 1. The number of fused-ring (bicyclic) bond motifs is 3. The Morgan fingerprint density at radius 3 is 2.63 bits per heavy atom. The van der Waals surface area contributed by atoms with Gasteiger partial charge in [-0.2, -0.15) is 0 Å². The van der Waals surface area contributed by atoms with Gasteiger partial charge in [0, 0.05) is 56.4 Å². The Bertz CT molecular complexity index is 1590. The lowest BCUT2D eigenvalue weighted by Gasteiger charge is -2.31. The first kappa shape index (κ1) is 26.7. The van der Waals surface area contributed by atoms with Gasteiger partial charge in [0.05, 0.1) is 12.8 Å². The van der Waals surface area contributed by atoms with Crippen LogP contribution < -0.4 is 15.8 Å². The number of nitrogen functional groups attached to an aromatic ring is 1. The number of aryl methyl sites for hydroxylation is 2. The number of aromatic nitrogens is 4. The van der Waals surface area contributed by atoms with Gasteiger partial charge in [0.25, 0.3) is 11.9 Å². The number of hydrogen-bond acceptors (Lipinski definition) is 8. The Morgan fingerprint density at radius 1 is 1.07 bits per heavy atom. The molecule has 0 bridgehead atoms. The number of piperazine rings is 1. The van der Waals surface area contributed by atoms with Crippen LogP contribution in [-0.2, 0) is 12.8 Å². The molecule has 6 rings (SSSR count). The van der Waals surface area contributed by atoms with Crippen molar-refractivity contribution in [3.63, 3.8) is 0 Å². The third kappa shape index (κ3) is 5.84. The molecule has 0 atom stereocenters. The van der Waals surface area contributed by atoms with Crippen molar-refractivity contribution in [2.45, 2.75) is 12.8 Å². The molecule has 1 amide bonds. The molecule has 2 aromatic carbocycles. The van der Waals surface area contributed by atoms with Crippen LogP contribution in [0.2, 0.25) is 0 Å². The zero-order valence-electron chi connectivity index (χ0n) is 23.4. The monoisotopic (exact) mass is 550 g/mol. The molecule has 1 aliphatic carbocycles. The summed E-state index contributed by atoms with van der Waals surface area (Å²) in [6.07, 6.45) is 9.43. The fourth-order valence-corrected chi connectivity index (χ4v) is 5.24. The SMILES string of the molecule is COc1ccc2c(c1)CCc1cnc(-n3cc(C(=O)Nc4ccc(C=CCN5CCN(C)CC5)cc4)c(N)n3)nc1-2. The minimum Gasteiger partial charge on any atom is -0.497 e. The average molecular weight is 551 g/mol. The summed E-state index contributed by atoms with van der Waals surface area (Å²) in [6.45, 7) is 5.33. The molecule has 1 aliphatic heterocycles. The number of benzene rings is 2. The molecule has 10 nitrogen and oxygen atoms in total. The second-order valence-electron chi connectivity index (χ2n) is 10.5. The summed E-state index contributed by atoms with van der Waals surface area (Å²) in [4.78, 5) is 27.2. The van der Waals surface area contributed by atoms with Crippen LogP contribution >= 0.6 is 0 Å². The molecule has 10 heteroatoms. The van der Waals surface area contributed by atoms with Gasteiger partial charge in [-0.05, 0) is 66.9 Å². The topological polar surface area (TPSA) is 114 Å². The summed E-state index contributed by atoms with van der Waals surface area (Å²) in [5.41, 5.74) is 12.3. The van der Waals surface area contributed by atoms with E-state index in [4.69, 9.17) is 15.5 Å². The highest BCUT2D eigenvalue weighted by molar-refractivity contribution is 6.07. The molecule has 2 aliphatic rings. The van der Waals surface area contributed by atoms with E-state index in [1.54, 1.807) is 13.3 Å². The van der Waals surface area contributed by atoms with Gasteiger partial charge in [0.1, 0.15) is 11.3 Å². The van der Waals surface area contributed by atoms with Crippen LogP contribution in [0.5, 0.6) is 5.75 Å². The lowest BCUT2D eigenvalue weighted by molar-refractivity contribution is 0.102. The minimum absolute atomic E-state index is 0.109. The Kier molecular flexibility index (Phi) is 7.49. The number of nitrogens with one attached hydrogen (secondary N) is 1. The fraction of sp³-hybridized carbons (Fsp3) is 0.290. The normalized spacial score (nSPS) is 15.5. The molecule has 4 aromatic rings. The van der Waals surface area contributed by atoms with Crippen LogP contribution in [0, 0.1) is 0 Å². The van der Waals surface area contributed by atoms with Gasteiger partial charge in [-0.25, -0.2) is 14.6 Å². The summed E-state index contributed by atoms with van der Waals surface area (Å²) < 4.78 is 6.84. The molecule has 1 fully saturated rings. The predicted molar refractivity (Wildman–Crippen MR) is 160 cm³/mol. The number of nitrogens with two attached hydrogens (primary N) is 1. The van der Waals surface area contributed by atoms with E-state index in [-0.39, 0.29) is 17.3 Å². The second kappa shape index (κ2) is 11.5. The zero-order valence-corrected chi connectivity index (χ0v) is 23.4. The Labute approximate surface area is 239 Å². The number of ether oxygens (including phenoxy) is 1. The summed E-state index contributed by atoms with van der Waals surface area (Å²) in [5, 5.41) is 7.25. The molecule has 3 N–H and O–H groups in total. The minimum atomic E-state index is -0.345. The molecular formula is C31H34N8O2. The van der Waals surface area contributed by atoms with E-state index in [0.717, 1.165) is 73.7 Å². The van der Waals surface area contributed by atoms with Gasteiger partial charge < -0.3 is 20.7 Å². The number of carbonyl (C=O) groups excluding carboxylic acids is 1. The van der Waals surface area contributed by atoms with Crippen LogP contribution in [0.3, 0.4) is 0 Å². The maximum absolute atomic E-state index is 13.1. The van der Waals surface area contributed by atoms with E-state index in [1.165, 1.54) is 10.2 Å².